The molecule has 3 aliphatic rings. The summed E-state index contributed by atoms with van der Waals surface area (Å²) in [6, 6.07) is -0.347. The molecule has 1 aliphatic heterocycles. The molecule has 7 heteroatoms. The van der Waals surface area contributed by atoms with Crippen LogP contribution in [0.4, 0.5) is 5.13 Å². The zero-order valence-electron chi connectivity index (χ0n) is 13.9. The van der Waals surface area contributed by atoms with Gasteiger partial charge in [-0.3, -0.25) is 14.9 Å². The largest absolute Gasteiger partial charge is 0.330 e. The quantitative estimate of drug-likeness (QED) is 0.908. The topological polar surface area (TPSA) is 75.2 Å². The average Bonchev–Trinajstić information content (AvgIpc) is 3.11. The van der Waals surface area contributed by atoms with Gasteiger partial charge < -0.3 is 4.90 Å². The lowest BCUT2D eigenvalue weighted by Gasteiger charge is -2.36. The molecular weight excluding hydrogens is 324 g/mol. The van der Waals surface area contributed by atoms with Gasteiger partial charge in [0.05, 0.1) is 0 Å². The minimum absolute atomic E-state index is 0.0976. The summed E-state index contributed by atoms with van der Waals surface area (Å²) in [6.45, 7) is 0.705. The molecule has 1 N–H and O–H groups in total. The number of nitrogens with zero attached hydrogens (tertiary/aromatic N) is 3. The summed E-state index contributed by atoms with van der Waals surface area (Å²) in [4.78, 5) is 27.3. The molecule has 0 bridgehead atoms. The maximum atomic E-state index is 12.8. The van der Waals surface area contributed by atoms with Gasteiger partial charge in [0, 0.05) is 18.4 Å². The normalized spacial score (nSPS) is 25.0. The average molecular weight is 348 g/mol. The van der Waals surface area contributed by atoms with Crippen LogP contribution in [0.1, 0.15) is 68.7 Å². The van der Waals surface area contributed by atoms with Crippen LogP contribution in [0.3, 0.4) is 0 Å². The first kappa shape index (κ1) is 16.0. The molecule has 1 atom stereocenters. The fourth-order valence-corrected chi connectivity index (χ4v) is 4.76. The molecule has 2 heterocycles. The second-order valence-electron chi connectivity index (χ2n) is 7.23. The van der Waals surface area contributed by atoms with Gasteiger partial charge in [-0.2, -0.15) is 0 Å². The Morgan fingerprint density at radius 1 is 1.00 bits per heavy atom. The molecule has 1 saturated heterocycles. The molecule has 2 amide bonds. The van der Waals surface area contributed by atoms with Crippen LogP contribution < -0.4 is 5.32 Å². The third-order valence-electron chi connectivity index (χ3n) is 5.39. The van der Waals surface area contributed by atoms with Crippen LogP contribution >= 0.6 is 11.3 Å². The number of hydrogen-bond donors (Lipinski definition) is 1. The highest BCUT2D eigenvalue weighted by Crippen LogP contribution is 2.42. The Labute approximate surface area is 146 Å². The number of aromatic nitrogens is 2. The highest BCUT2D eigenvalue weighted by molar-refractivity contribution is 7.15. The van der Waals surface area contributed by atoms with Gasteiger partial charge in [-0.05, 0) is 44.9 Å². The van der Waals surface area contributed by atoms with E-state index in [2.05, 4.69) is 15.5 Å². The SMILES string of the molecule is O=C(Nc1nnc(C2CC2)s1)[C@@H]1CCCCN1C(=O)C1CCCC1. The maximum absolute atomic E-state index is 12.8. The van der Waals surface area contributed by atoms with Gasteiger partial charge in [-0.1, -0.05) is 24.2 Å². The lowest BCUT2D eigenvalue weighted by Crippen LogP contribution is -2.51. The first-order valence-electron chi connectivity index (χ1n) is 9.17. The molecule has 1 aromatic rings. The lowest BCUT2D eigenvalue weighted by atomic mass is 9.97. The molecule has 3 fully saturated rings. The Kier molecular flexibility index (Phi) is 4.52. The minimum atomic E-state index is -0.347. The van der Waals surface area contributed by atoms with Crippen molar-refractivity contribution in [1.29, 1.82) is 0 Å². The molecule has 6 nitrogen and oxygen atoms in total. The second kappa shape index (κ2) is 6.78. The third kappa shape index (κ3) is 3.31. The zero-order chi connectivity index (χ0) is 16.5. The van der Waals surface area contributed by atoms with E-state index in [0.29, 0.717) is 17.6 Å². The van der Waals surface area contributed by atoms with E-state index >= 15 is 0 Å². The smallest absolute Gasteiger partial charge is 0.249 e. The van der Waals surface area contributed by atoms with Gasteiger partial charge in [-0.25, -0.2) is 0 Å². The summed E-state index contributed by atoms with van der Waals surface area (Å²) in [5.41, 5.74) is 0. The van der Waals surface area contributed by atoms with E-state index in [-0.39, 0.29) is 23.8 Å². The van der Waals surface area contributed by atoms with Crippen molar-refractivity contribution < 1.29 is 9.59 Å². The Hall–Kier alpha value is -1.50. The summed E-state index contributed by atoms with van der Waals surface area (Å²) in [5.74, 6) is 0.757. The Morgan fingerprint density at radius 2 is 1.75 bits per heavy atom. The highest BCUT2D eigenvalue weighted by atomic mass is 32.1. The van der Waals surface area contributed by atoms with Gasteiger partial charge in [0.1, 0.15) is 11.0 Å². The van der Waals surface area contributed by atoms with E-state index in [0.717, 1.165) is 50.0 Å². The van der Waals surface area contributed by atoms with Crippen molar-refractivity contribution in [3.63, 3.8) is 0 Å². The van der Waals surface area contributed by atoms with E-state index in [1.807, 2.05) is 4.90 Å². The third-order valence-corrected chi connectivity index (χ3v) is 6.39. The van der Waals surface area contributed by atoms with E-state index in [4.69, 9.17) is 0 Å². The van der Waals surface area contributed by atoms with Crippen molar-refractivity contribution in [2.45, 2.75) is 69.7 Å². The van der Waals surface area contributed by atoms with Crippen LogP contribution in [0.25, 0.3) is 0 Å². The van der Waals surface area contributed by atoms with Crippen molar-refractivity contribution in [2.75, 3.05) is 11.9 Å². The fraction of sp³-hybridized carbons (Fsp3) is 0.765. The molecule has 1 aromatic heterocycles. The number of carbonyl (C=O) groups excluding carboxylic acids is 2. The minimum Gasteiger partial charge on any atom is -0.330 e. The highest BCUT2D eigenvalue weighted by Gasteiger charge is 2.36. The number of nitrogens with one attached hydrogen (secondary N) is 1. The fourth-order valence-electron chi connectivity index (χ4n) is 3.84. The molecule has 0 radical (unpaired) electrons. The van der Waals surface area contributed by atoms with Crippen LogP contribution in [-0.2, 0) is 9.59 Å². The Balaban J connectivity index is 1.42. The van der Waals surface area contributed by atoms with Crippen molar-refractivity contribution in [3.05, 3.63) is 5.01 Å². The first-order valence-corrected chi connectivity index (χ1v) is 9.99. The number of piperidine rings is 1. The molecule has 24 heavy (non-hydrogen) atoms. The number of carbonyl (C=O) groups is 2. The molecule has 0 aromatic carbocycles. The summed E-state index contributed by atoms with van der Waals surface area (Å²) in [6.07, 6.45) is 9.31. The maximum Gasteiger partial charge on any atom is 0.249 e. The number of likely N-dealkylation sites (tertiary alicyclic amines) is 1. The Bertz CT molecular complexity index is 622. The predicted molar refractivity (Wildman–Crippen MR) is 91.8 cm³/mol. The van der Waals surface area contributed by atoms with E-state index in [9.17, 15) is 9.59 Å². The monoisotopic (exact) mass is 348 g/mol. The second-order valence-corrected chi connectivity index (χ2v) is 8.24. The summed E-state index contributed by atoms with van der Waals surface area (Å²) in [5, 5.41) is 12.8. The lowest BCUT2D eigenvalue weighted by molar-refractivity contribution is -0.143. The van der Waals surface area contributed by atoms with E-state index in [1.54, 1.807) is 0 Å². The van der Waals surface area contributed by atoms with Crippen molar-refractivity contribution in [3.8, 4) is 0 Å². The molecule has 0 unspecified atom stereocenters. The van der Waals surface area contributed by atoms with E-state index < -0.39 is 0 Å². The summed E-state index contributed by atoms with van der Waals surface area (Å²) in [7, 11) is 0. The summed E-state index contributed by atoms with van der Waals surface area (Å²) >= 11 is 1.47. The summed E-state index contributed by atoms with van der Waals surface area (Å²) < 4.78 is 0. The number of hydrogen-bond acceptors (Lipinski definition) is 5. The number of amides is 2. The van der Waals surface area contributed by atoms with Crippen LogP contribution in [0.15, 0.2) is 0 Å². The van der Waals surface area contributed by atoms with Gasteiger partial charge in [-0.15, -0.1) is 10.2 Å². The van der Waals surface area contributed by atoms with Gasteiger partial charge in [0.25, 0.3) is 0 Å². The standard InChI is InChI=1S/C17H24N4O2S/c22-14(18-17-20-19-15(24-17)11-8-9-11)13-7-3-4-10-21(13)16(23)12-5-1-2-6-12/h11-13H,1-10H2,(H,18,20,22)/t13-/m0/s1. The molecule has 2 saturated carbocycles. The molecule has 4 rings (SSSR count). The molecule has 0 spiro atoms. The Morgan fingerprint density at radius 3 is 2.50 bits per heavy atom. The van der Waals surface area contributed by atoms with Crippen LogP contribution in [0.5, 0.6) is 0 Å². The number of anilines is 1. The van der Waals surface area contributed by atoms with Gasteiger partial charge >= 0.3 is 0 Å². The van der Waals surface area contributed by atoms with Crippen LogP contribution in [0.2, 0.25) is 0 Å². The molecule has 2 aliphatic carbocycles. The van der Waals surface area contributed by atoms with Crippen LogP contribution in [0, 0.1) is 5.92 Å². The van der Waals surface area contributed by atoms with E-state index in [1.165, 1.54) is 24.2 Å². The first-order chi connectivity index (χ1) is 11.7. The van der Waals surface area contributed by atoms with Gasteiger partial charge in [0.15, 0.2) is 0 Å². The molecular formula is C17H24N4O2S. The van der Waals surface area contributed by atoms with Crippen molar-refractivity contribution in [1.82, 2.24) is 15.1 Å². The molecule has 130 valence electrons. The zero-order valence-corrected chi connectivity index (χ0v) is 14.7. The van der Waals surface area contributed by atoms with Crippen molar-refractivity contribution >= 4 is 28.3 Å². The van der Waals surface area contributed by atoms with Crippen molar-refractivity contribution in [2.24, 2.45) is 5.92 Å². The number of rotatable bonds is 4. The predicted octanol–water partition coefficient (Wildman–Crippen LogP) is 2.93. The van der Waals surface area contributed by atoms with Gasteiger partial charge in [0.2, 0.25) is 16.9 Å². The van der Waals surface area contributed by atoms with Crippen LogP contribution in [-0.4, -0.2) is 39.5 Å².